The lowest BCUT2D eigenvalue weighted by Gasteiger charge is -2.02. The van der Waals surface area contributed by atoms with Crippen molar-refractivity contribution in [2.75, 3.05) is 0 Å². The molecule has 0 aliphatic carbocycles. The van der Waals surface area contributed by atoms with Crippen LogP contribution in [0.5, 0.6) is 0 Å². The summed E-state index contributed by atoms with van der Waals surface area (Å²) in [6, 6.07) is 1.63. The fourth-order valence-corrected chi connectivity index (χ4v) is 1.69. The van der Waals surface area contributed by atoms with Crippen LogP contribution >= 0.6 is 11.8 Å². The van der Waals surface area contributed by atoms with Gasteiger partial charge < -0.3 is 5.73 Å². The third-order valence-corrected chi connectivity index (χ3v) is 2.45. The van der Waals surface area contributed by atoms with Gasteiger partial charge in [0.2, 0.25) is 0 Å². The molecule has 2 aromatic heterocycles. The fourth-order valence-electron chi connectivity index (χ4n) is 0.934. The van der Waals surface area contributed by atoms with Gasteiger partial charge in [-0.2, -0.15) is 10.2 Å². The molecule has 0 fully saturated rings. The highest BCUT2D eigenvalue weighted by Crippen LogP contribution is 2.23. The molecule has 0 aliphatic heterocycles. The lowest BCUT2D eigenvalue weighted by atomic mass is 10.3. The maximum Gasteiger partial charge on any atom is 0.189 e. The molecule has 7 nitrogen and oxygen atoms in total. The molecule has 4 N–H and O–H groups in total. The zero-order valence-corrected chi connectivity index (χ0v) is 8.32. The number of aromatic nitrogens is 5. The number of amidine groups is 1. The molecule has 0 atom stereocenters. The summed E-state index contributed by atoms with van der Waals surface area (Å²) in [5.74, 6) is -0.0492. The third-order valence-electron chi connectivity index (χ3n) is 1.56. The largest absolute Gasteiger partial charge is 0.384 e. The van der Waals surface area contributed by atoms with Crippen molar-refractivity contribution in [3.05, 3.63) is 24.2 Å². The van der Waals surface area contributed by atoms with E-state index in [1.54, 1.807) is 6.07 Å². The second kappa shape index (κ2) is 4.05. The van der Waals surface area contributed by atoms with Crippen molar-refractivity contribution in [1.29, 1.82) is 5.41 Å². The highest BCUT2D eigenvalue weighted by Gasteiger charge is 2.09. The first-order valence-electron chi connectivity index (χ1n) is 3.96. The number of nitrogens with one attached hydrogen (secondary N) is 2. The Bertz CT molecular complexity index is 466. The van der Waals surface area contributed by atoms with Crippen molar-refractivity contribution < 1.29 is 0 Å². The minimum absolute atomic E-state index is 0.0492. The summed E-state index contributed by atoms with van der Waals surface area (Å²) in [6.45, 7) is 0. The SMILES string of the molecule is N=C(N)c1ccnnc1Sc1ncn[nH]1. The number of aromatic amines is 1. The van der Waals surface area contributed by atoms with Crippen molar-refractivity contribution >= 4 is 17.6 Å². The molecule has 0 aromatic carbocycles. The van der Waals surface area contributed by atoms with Gasteiger partial charge in [0.05, 0.1) is 11.8 Å². The Morgan fingerprint density at radius 2 is 2.40 bits per heavy atom. The minimum atomic E-state index is -0.0492. The number of nitrogens with two attached hydrogens (primary N) is 1. The lowest BCUT2D eigenvalue weighted by Crippen LogP contribution is -2.13. The van der Waals surface area contributed by atoms with Crippen LogP contribution < -0.4 is 5.73 Å². The van der Waals surface area contributed by atoms with Gasteiger partial charge in [-0.05, 0) is 17.8 Å². The highest BCUT2D eigenvalue weighted by atomic mass is 32.2. The number of rotatable bonds is 3. The predicted molar refractivity (Wildman–Crippen MR) is 53.6 cm³/mol. The first-order valence-corrected chi connectivity index (χ1v) is 4.78. The Balaban J connectivity index is 2.32. The van der Waals surface area contributed by atoms with Gasteiger partial charge >= 0.3 is 0 Å². The first kappa shape index (κ1) is 9.59. The second-order valence-electron chi connectivity index (χ2n) is 2.56. The predicted octanol–water partition coefficient (Wildman–Crippen LogP) is 0.0300. The van der Waals surface area contributed by atoms with Crippen LogP contribution in [0.3, 0.4) is 0 Å². The molecule has 8 heteroatoms. The van der Waals surface area contributed by atoms with E-state index in [9.17, 15) is 0 Å². The number of nitrogen functional groups attached to an aromatic ring is 1. The fraction of sp³-hybridized carbons (Fsp3) is 0. The van der Waals surface area contributed by atoms with Gasteiger partial charge in [0, 0.05) is 0 Å². The van der Waals surface area contributed by atoms with Crippen molar-refractivity contribution in [1.82, 2.24) is 25.4 Å². The molecular formula is C7H7N7S. The molecule has 15 heavy (non-hydrogen) atoms. The molecule has 0 saturated heterocycles. The van der Waals surface area contributed by atoms with Gasteiger partial charge in [-0.25, -0.2) is 4.98 Å². The summed E-state index contributed by atoms with van der Waals surface area (Å²) in [6.07, 6.45) is 2.88. The summed E-state index contributed by atoms with van der Waals surface area (Å²) >= 11 is 1.23. The summed E-state index contributed by atoms with van der Waals surface area (Å²) in [4.78, 5) is 3.93. The smallest absolute Gasteiger partial charge is 0.189 e. The van der Waals surface area contributed by atoms with Crippen LogP contribution in [0.4, 0.5) is 0 Å². The van der Waals surface area contributed by atoms with Gasteiger partial charge in [0.25, 0.3) is 0 Å². The van der Waals surface area contributed by atoms with Crippen LogP contribution in [0.2, 0.25) is 0 Å². The quantitative estimate of drug-likeness (QED) is 0.497. The number of hydrogen-bond acceptors (Lipinski definition) is 6. The Labute approximate surface area is 89.0 Å². The standard InChI is InChI=1S/C7H7N7S/c8-5(9)4-1-2-11-13-6(4)15-7-10-3-12-14-7/h1-3H,(H3,8,9)(H,10,12,14). The Morgan fingerprint density at radius 1 is 1.53 bits per heavy atom. The summed E-state index contributed by atoms with van der Waals surface area (Å²) in [5, 5.41) is 22.4. The van der Waals surface area contributed by atoms with Gasteiger partial charge in [-0.3, -0.25) is 10.5 Å². The van der Waals surface area contributed by atoms with Crippen LogP contribution in [-0.4, -0.2) is 31.2 Å². The van der Waals surface area contributed by atoms with Crippen molar-refractivity contribution in [3.63, 3.8) is 0 Å². The molecule has 0 amide bonds. The Kier molecular flexibility index (Phi) is 2.59. The monoisotopic (exact) mass is 221 g/mol. The number of nitrogens with zero attached hydrogens (tertiary/aromatic N) is 4. The molecule has 76 valence electrons. The summed E-state index contributed by atoms with van der Waals surface area (Å²) in [7, 11) is 0. The average molecular weight is 221 g/mol. The Morgan fingerprint density at radius 3 is 3.07 bits per heavy atom. The van der Waals surface area contributed by atoms with Gasteiger partial charge in [0.1, 0.15) is 17.2 Å². The van der Waals surface area contributed by atoms with Crippen LogP contribution in [0.15, 0.2) is 28.8 Å². The summed E-state index contributed by atoms with van der Waals surface area (Å²) < 4.78 is 0. The third kappa shape index (κ3) is 2.10. The zero-order valence-electron chi connectivity index (χ0n) is 7.51. The van der Waals surface area contributed by atoms with E-state index in [-0.39, 0.29) is 5.84 Å². The summed E-state index contributed by atoms with van der Waals surface area (Å²) in [5.41, 5.74) is 5.93. The van der Waals surface area contributed by atoms with Crippen molar-refractivity contribution in [2.45, 2.75) is 10.2 Å². The molecule has 0 aliphatic rings. The number of H-pyrrole nitrogens is 1. The molecule has 0 unspecified atom stereocenters. The van der Waals surface area contributed by atoms with Crippen LogP contribution in [-0.2, 0) is 0 Å². The second-order valence-corrected chi connectivity index (χ2v) is 3.53. The average Bonchev–Trinajstić information content (AvgIpc) is 2.71. The maximum atomic E-state index is 7.36. The van der Waals surface area contributed by atoms with E-state index >= 15 is 0 Å². The first-order chi connectivity index (χ1) is 7.27. The molecule has 2 rings (SSSR count). The van der Waals surface area contributed by atoms with Gasteiger partial charge in [0.15, 0.2) is 5.16 Å². The molecule has 0 radical (unpaired) electrons. The molecule has 0 saturated carbocycles. The normalized spacial score (nSPS) is 10.1. The van der Waals surface area contributed by atoms with Gasteiger partial charge in [-0.1, -0.05) is 0 Å². The van der Waals surface area contributed by atoms with Crippen LogP contribution in [0.1, 0.15) is 5.56 Å². The molecule has 0 bridgehead atoms. The molecule has 2 aromatic rings. The van der Waals surface area contributed by atoms with Crippen LogP contribution in [0, 0.1) is 5.41 Å². The van der Waals surface area contributed by atoms with E-state index in [4.69, 9.17) is 11.1 Å². The molecule has 2 heterocycles. The van der Waals surface area contributed by atoms with Crippen LogP contribution in [0.25, 0.3) is 0 Å². The maximum absolute atomic E-state index is 7.36. The van der Waals surface area contributed by atoms with Crippen molar-refractivity contribution in [2.24, 2.45) is 5.73 Å². The van der Waals surface area contributed by atoms with E-state index in [0.29, 0.717) is 15.7 Å². The molecular weight excluding hydrogens is 214 g/mol. The highest BCUT2D eigenvalue weighted by molar-refractivity contribution is 7.99. The topological polar surface area (TPSA) is 117 Å². The lowest BCUT2D eigenvalue weighted by molar-refractivity contribution is 0.908. The Hall–Kier alpha value is -1.96. The zero-order chi connectivity index (χ0) is 10.7. The number of hydrogen-bond donors (Lipinski definition) is 3. The van der Waals surface area contributed by atoms with E-state index < -0.39 is 0 Å². The van der Waals surface area contributed by atoms with E-state index in [2.05, 4.69) is 25.4 Å². The van der Waals surface area contributed by atoms with E-state index in [0.717, 1.165) is 0 Å². The van der Waals surface area contributed by atoms with Gasteiger partial charge in [-0.15, -0.1) is 5.10 Å². The van der Waals surface area contributed by atoms with E-state index in [1.807, 2.05) is 0 Å². The van der Waals surface area contributed by atoms with Crippen molar-refractivity contribution in [3.8, 4) is 0 Å². The van der Waals surface area contributed by atoms with E-state index in [1.165, 1.54) is 24.3 Å². The molecule has 0 spiro atoms. The minimum Gasteiger partial charge on any atom is -0.384 e.